The van der Waals surface area contributed by atoms with E-state index in [9.17, 15) is 8.78 Å². The predicted octanol–water partition coefficient (Wildman–Crippen LogP) is 8.73. The van der Waals surface area contributed by atoms with E-state index in [1.165, 1.54) is 11.3 Å². The molecule has 0 fully saturated rings. The van der Waals surface area contributed by atoms with Gasteiger partial charge in [0.05, 0.1) is 11.4 Å². The van der Waals surface area contributed by atoms with Gasteiger partial charge in [0.15, 0.2) is 0 Å². The summed E-state index contributed by atoms with van der Waals surface area (Å²) in [6, 6.07) is 17.5. The lowest BCUT2D eigenvalue weighted by molar-refractivity contribution is -0.0498. The highest BCUT2D eigenvalue weighted by Gasteiger charge is 2.25. The molecule has 4 rings (SSSR count). The molecule has 3 aromatic rings. The van der Waals surface area contributed by atoms with Crippen LogP contribution in [0.15, 0.2) is 72.8 Å². The Morgan fingerprint density at radius 2 is 1.77 bits per heavy atom. The molecule has 0 saturated heterocycles. The molecule has 0 N–H and O–H groups in total. The number of rotatable bonds is 12. The first-order valence-corrected chi connectivity index (χ1v) is 14.0. The third-order valence-corrected chi connectivity index (χ3v) is 6.78. The molecule has 1 heterocycles. The maximum Gasteiger partial charge on any atom is 0.387 e. The average molecular weight is 534 g/mol. The van der Waals surface area contributed by atoms with Crippen molar-refractivity contribution in [1.29, 1.82) is 0 Å². The predicted molar refractivity (Wildman–Crippen MR) is 156 cm³/mol. The number of alkyl halides is 2. The van der Waals surface area contributed by atoms with Crippen molar-refractivity contribution in [3.63, 3.8) is 0 Å². The Bertz CT molecular complexity index is 1250. The highest BCUT2D eigenvalue weighted by molar-refractivity contribution is 5.70. The molecule has 0 spiro atoms. The number of benzene rings is 2. The largest absolute Gasteiger partial charge is 0.435 e. The number of aromatic nitrogens is 2. The number of hydrogen-bond acceptors (Lipinski definition) is 3. The van der Waals surface area contributed by atoms with E-state index in [1.54, 1.807) is 12.1 Å². The van der Waals surface area contributed by atoms with E-state index in [0.29, 0.717) is 6.54 Å². The summed E-state index contributed by atoms with van der Waals surface area (Å²) in [6.07, 6.45) is 10.8. The van der Waals surface area contributed by atoms with E-state index >= 15 is 0 Å². The lowest BCUT2D eigenvalue weighted by Gasteiger charge is -2.31. The summed E-state index contributed by atoms with van der Waals surface area (Å²) >= 11 is 0. The van der Waals surface area contributed by atoms with Crippen molar-refractivity contribution in [2.24, 2.45) is 5.41 Å². The molecule has 6 heteroatoms. The first-order chi connectivity index (χ1) is 18.7. The van der Waals surface area contributed by atoms with Crippen LogP contribution in [0.2, 0.25) is 0 Å². The Kier molecular flexibility index (Phi) is 9.73. The molecule has 0 atom stereocenters. The zero-order chi connectivity index (χ0) is 27.8. The third kappa shape index (κ3) is 8.12. The molecule has 39 heavy (non-hydrogen) atoms. The summed E-state index contributed by atoms with van der Waals surface area (Å²) in [4.78, 5) is 7.75. The van der Waals surface area contributed by atoms with Crippen LogP contribution in [-0.2, 0) is 19.6 Å². The summed E-state index contributed by atoms with van der Waals surface area (Å²) in [5.41, 5.74) is 5.80. The lowest BCUT2D eigenvalue weighted by Crippen LogP contribution is -2.33. The monoisotopic (exact) mass is 533 g/mol. The summed E-state index contributed by atoms with van der Waals surface area (Å²) in [6.45, 7) is 9.36. The molecule has 0 aliphatic heterocycles. The number of nitrogens with zero attached hydrogens (tertiary/aromatic N) is 3. The van der Waals surface area contributed by atoms with Crippen LogP contribution < -0.4 is 4.74 Å². The Balaban J connectivity index is 1.75. The smallest absolute Gasteiger partial charge is 0.387 e. The van der Waals surface area contributed by atoms with Crippen molar-refractivity contribution in [3.8, 4) is 17.0 Å². The summed E-state index contributed by atoms with van der Waals surface area (Å²) in [5, 5.41) is 0. The van der Waals surface area contributed by atoms with Gasteiger partial charge in [-0.15, -0.1) is 0 Å². The van der Waals surface area contributed by atoms with Crippen LogP contribution in [0.1, 0.15) is 70.5 Å². The van der Waals surface area contributed by atoms with Crippen molar-refractivity contribution in [2.45, 2.75) is 79.6 Å². The number of hydrogen-bond donors (Lipinski definition) is 0. The van der Waals surface area contributed by atoms with Crippen LogP contribution in [0, 0.1) is 5.41 Å². The van der Waals surface area contributed by atoms with E-state index in [2.05, 4.69) is 84.4 Å². The van der Waals surface area contributed by atoms with Crippen LogP contribution >= 0.6 is 0 Å². The van der Waals surface area contributed by atoms with Crippen LogP contribution in [0.4, 0.5) is 8.78 Å². The van der Waals surface area contributed by atoms with Crippen molar-refractivity contribution in [3.05, 3.63) is 89.9 Å². The second-order valence-electron chi connectivity index (χ2n) is 11.5. The molecule has 208 valence electrons. The quantitative estimate of drug-likeness (QED) is 0.233. The van der Waals surface area contributed by atoms with Crippen molar-refractivity contribution in [1.82, 2.24) is 14.5 Å². The fraction of sp³-hybridized carbons (Fsp3) is 0.424. The fourth-order valence-electron chi connectivity index (χ4n) is 5.15. The van der Waals surface area contributed by atoms with Gasteiger partial charge in [0.1, 0.15) is 11.6 Å². The van der Waals surface area contributed by atoms with Crippen LogP contribution in [0.25, 0.3) is 16.8 Å². The number of unbranched alkanes of at least 4 members (excludes halogenated alkanes) is 1. The lowest BCUT2D eigenvalue weighted by atomic mass is 9.95. The molecule has 0 radical (unpaired) electrons. The van der Waals surface area contributed by atoms with Crippen molar-refractivity contribution >= 4 is 5.57 Å². The molecule has 0 unspecified atom stereocenters. The molecule has 1 aromatic heterocycles. The van der Waals surface area contributed by atoms with Gasteiger partial charge in [-0.3, -0.25) is 4.90 Å². The minimum atomic E-state index is -2.82. The van der Waals surface area contributed by atoms with Gasteiger partial charge < -0.3 is 9.30 Å². The van der Waals surface area contributed by atoms with Gasteiger partial charge in [-0.05, 0) is 47.9 Å². The second-order valence-corrected chi connectivity index (χ2v) is 11.5. The molecule has 2 aromatic carbocycles. The van der Waals surface area contributed by atoms with E-state index in [1.807, 2.05) is 18.2 Å². The molecule has 4 nitrogen and oxygen atoms in total. The van der Waals surface area contributed by atoms with E-state index in [0.717, 1.165) is 68.0 Å². The van der Waals surface area contributed by atoms with Gasteiger partial charge in [0, 0.05) is 31.7 Å². The Morgan fingerprint density at radius 1 is 1.03 bits per heavy atom. The second kappa shape index (κ2) is 13.2. The number of allylic oxidation sites excluding steroid dienone is 4. The fourth-order valence-corrected chi connectivity index (χ4v) is 5.15. The zero-order valence-electron chi connectivity index (χ0n) is 23.7. The highest BCUT2D eigenvalue weighted by Crippen LogP contribution is 2.33. The van der Waals surface area contributed by atoms with Gasteiger partial charge in [-0.2, -0.15) is 8.78 Å². The first kappa shape index (κ1) is 28.8. The van der Waals surface area contributed by atoms with E-state index in [-0.39, 0.29) is 11.2 Å². The molecule has 0 amide bonds. The molecule has 0 saturated carbocycles. The van der Waals surface area contributed by atoms with Crippen LogP contribution in [0.3, 0.4) is 0 Å². The molecule has 1 aliphatic carbocycles. The summed E-state index contributed by atoms with van der Waals surface area (Å²) in [7, 11) is 0. The highest BCUT2D eigenvalue weighted by atomic mass is 19.3. The van der Waals surface area contributed by atoms with E-state index in [4.69, 9.17) is 4.98 Å². The normalized spacial score (nSPS) is 13.8. The summed E-state index contributed by atoms with van der Waals surface area (Å²) in [5.74, 6) is 1.26. The van der Waals surface area contributed by atoms with Crippen molar-refractivity contribution < 1.29 is 13.5 Å². The Hall–Kier alpha value is -3.25. The topological polar surface area (TPSA) is 30.3 Å². The molecule has 0 bridgehead atoms. The molecular weight excluding hydrogens is 492 g/mol. The van der Waals surface area contributed by atoms with Gasteiger partial charge in [0.25, 0.3) is 0 Å². The minimum absolute atomic E-state index is 0.0689. The van der Waals surface area contributed by atoms with Gasteiger partial charge in [-0.1, -0.05) is 94.8 Å². The third-order valence-electron chi connectivity index (χ3n) is 6.78. The van der Waals surface area contributed by atoms with Gasteiger partial charge in [0.2, 0.25) is 0 Å². The average Bonchev–Trinajstić information content (AvgIpc) is 3.26. The molecule has 1 aliphatic rings. The van der Waals surface area contributed by atoms with Crippen LogP contribution in [0.5, 0.6) is 5.75 Å². The standard InChI is InChI=1S/C33H41F2N3O/c1-5-6-21-38-29(30(26-13-9-7-10-14-26)36-31(38)27-15-11-8-12-16-27)23-37(24-33(2,3)4)22-25-17-19-28(20-18-25)39-32(34)35/h7-11,13-15,17-20,32H,5-6,12,16,21-24H2,1-4H3. The SMILES string of the molecule is CCCCn1c(C2=CC=CCC2)nc(-c2ccccc2)c1CN(Cc1ccc(OC(F)F)cc1)CC(C)(C)C. The first-order valence-electron chi connectivity index (χ1n) is 14.0. The summed E-state index contributed by atoms with van der Waals surface area (Å²) < 4.78 is 32.3. The van der Waals surface area contributed by atoms with Crippen molar-refractivity contribution in [2.75, 3.05) is 6.54 Å². The van der Waals surface area contributed by atoms with E-state index < -0.39 is 6.61 Å². The molecular formula is C33H41F2N3O. The van der Waals surface area contributed by atoms with Gasteiger partial charge in [-0.25, -0.2) is 4.98 Å². The number of imidazole rings is 1. The zero-order valence-corrected chi connectivity index (χ0v) is 23.7. The Morgan fingerprint density at radius 3 is 2.38 bits per heavy atom. The van der Waals surface area contributed by atoms with Crippen LogP contribution in [-0.4, -0.2) is 27.6 Å². The maximum atomic E-state index is 12.7. The number of ether oxygens (including phenoxy) is 1. The number of halogens is 2. The minimum Gasteiger partial charge on any atom is -0.435 e. The maximum absolute atomic E-state index is 12.7. The van der Waals surface area contributed by atoms with Gasteiger partial charge >= 0.3 is 6.61 Å². The Labute approximate surface area is 232 Å².